The lowest BCUT2D eigenvalue weighted by molar-refractivity contribution is 0.368. The highest BCUT2D eigenvalue weighted by molar-refractivity contribution is 5.71. The summed E-state index contributed by atoms with van der Waals surface area (Å²) < 4.78 is 10.4. The van der Waals surface area contributed by atoms with Crippen molar-refractivity contribution in [2.75, 3.05) is 7.11 Å². The average Bonchev–Trinajstić information content (AvgIpc) is 2.77. The monoisotopic (exact) mass is 218 g/mol. The molecule has 0 amide bonds. The molecule has 0 aliphatic heterocycles. The Morgan fingerprint density at radius 3 is 2.75 bits per heavy atom. The van der Waals surface area contributed by atoms with Gasteiger partial charge >= 0.3 is 0 Å². The predicted molar refractivity (Wildman–Crippen MR) is 61.1 cm³/mol. The van der Waals surface area contributed by atoms with E-state index in [1.165, 1.54) is 0 Å². The van der Waals surface area contributed by atoms with Gasteiger partial charge in [-0.05, 0) is 13.0 Å². The Kier molecular flexibility index (Phi) is 2.92. The maximum atomic E-state index is 5.81. The van der Waals surface area contributed by atoms with Crippen molar-refractivity contribution in [2.24, 2.45) is 5.73 Å². The van der Waals surface area contributed by atoms with Gasteiger partial charge < -0.3 is 15.0 Å². The zero-order chi connectivity index (χ0) is 11.5. The van der Waals surface area contributed by atoms with E-state index >= 15 is 0 Å². The minimum atomic E-state index is -0.192. The van der Waals surface area contributed by atoms with Crippen molar-refractivity contribution in [2.45, 2.75) is 13.0 Å². The van der Waals surface area contributed by atoms with Crippen molar-refractivity contribution in [1.82, 2.24) is 5.16 Å². The van der Waals surface area contributed by atoms with E-state index in [9.17, 15) is 0 Å². The van der Waals surface area contributed by atoms with Crippen molar-refractivity contribution < 1.29 is 9.26 Å². The topological polar surface area (TPSA) is 61.3 Å². The van der Waals surface area contributed by atoms with E-state index in [4.69, 9.17) is 15.0 Å². The second kappa shape index (κ2) is 4.37. The molecule has 0 fully saturated rings. The lowest BCUT2D eigenvalue weighted by Gasteiger charge is -2.08. The first-order chi connectivity index (χ1) is 7.74. The molecule has 4 heteroatoms. The third kappa shape index (κ3) is 1.79. The third-order valence-electron chi connectivity index (χ3n) is 2.41. The Morgan fingerprint density at radius 2 is 2.06 bits per heavy atom. The summed E-state index contributed by atoms with van der Waals surface area (Å²) in [6, 6.07) is 7.52. The van der Waals surface area contributed by atoms with Gasteiger partial charge in [0.2, 0.25) is 0 Å². The van der Waals surface area contributed by atoms with E-state index in [2.05, 4.69) is 5.16 Å². The van der Waals surface area contributed by atoms with Crippen LogP contribution in [0.3, 0.4) is 0 Å². The van der Waals surface area contributed by atoms with Crippen LogP contribution in [0.2, 0.25) is 0 Å². The van der Waals surface area contributed by atoms with Crippen LogP contribution in [0.25, 0.3) is 11.1 Å². The second-order valence-corrected chi connectivity index (χ2v) is 3.59. The molecule has 0 saturated heterocycles. The number of hydrogen-bond donors (Lipinski definition) is 1. The van der Waals surface area contributed by atoms with Gasteiger partial charge in [-0.3, -0.25) is 0 Å². The van der Waals surface area contributed by atoms with Crippen LogP contribution in [0.1, 0.15) is 18.7 Å². The van der Waals surface area contributed by atoms with Gasteiger partial charge in [0.15, 0.2) is 5.76 Å². The second-order valence-electron chi connectivity index (χ2n) is 3.59. The standard InChI is InChI=1S/C12H14N2O2/c1-8(13)12-10(7-14-16-12)9-5-3-4-6-11(9)15-2/h3-8H,13H2,1-2H3. The third-order valence-corrected chi connectivity index (χ3v) is 2.41. The van der Waals surface area contributed by atoms with E-state index in [1.54, 1.807) is 13.3 Å². The first-order valence-electron chi connectivity index (χ1n) is 5.07. The van der Waals surface area contributed by atoms with E-state index in [-0.39, 0.29) is 6.04 Å². The highest BCUT2D eigenvalue weighted by Crippen LogP contribution is 2.33. The summed E-state index contributed by atoms with van der Waals surface area (Å²) in [7, 11) is 1.64. The van der Waals surface area contributed by atoms with E-state index in [1.807, 2.05) is 31.2 Å². The van der Waals surface area contributed by atoms with Crippen LogP contribution in [0, 0.1) is 0 Å². The SMILES string of the molecule is COc1ccccc1-c1cnoc1C(C)N. The zero-order valence-corrected chi connectivity index (χ0v) is 9.31. The van der Waals surface area contributed by atoms with Crippen LogP contribution in [-0.4, -0.2) is 12.3 Å². The number of ether oxygens (including phenoxy) is 1. The minimum absolute atomic E-state index is 0.192. The molecule has 0 aliphatic rings. The summed E-state index contributed by atoms with van der Waals surface area (Å²) in [5, 5.41) is 3.78. The molecule has 2 N–H and O–H groups in total. The van der Waals surface area contributed by atoms with Crippen LogP contribution in [0.5, 0.6) is 5.75 Å². The molecule has 2 aromatic rings. The Labute approximate surface area is 94.0 Å². The molecule has 16 heavy (non-hydrogen) atoms. The molecular weight excluding hydrogens is 204 g/mol. The molecule has 1 heterocycles. The number of para-hydroxylation sites is 1. The van der Waals surface area contributed by atoms with Gasteiger partial charge in [-0.15, -0.1) is 0 Å². The summed E-state index contributed by atoms with van der Waals surface area (Å²) in [6.45, 7) is 1.86. The number of aromatic nitrogens is 1. The number of nitrogens with two attached hydrogens (primary N) is 1. The van der Waals surface area contributed by atoms with Gasteiger partial charge in [0.25, 0.3) is 0 Å². The molecule has 1 aromatic heterocycles. The highest BCUT2D eigenvalue weighted by Gasteiger charge is 2.16. The van der Waals surface area contributed by atoms with Gasteiger partial charge in [-0.1, -0.05) is 23.4 Å². The lowest BCUT2D eigenvalue weighted by Crippen LogP contribution is -2.05. The summed E-state index contributed by atoms with van der Waals surface area (Å²) in [5.74, 6) is 1.46. The van der Waals surface area contributed by atoms with E-state index in [0.29, 0.717) is 5.76 Å². The largest absolute Gasteiger partial charge is 0.496 e. The maximum absolute atomic E-state index is 5.81. The zero-order valence-electron chi connectivity index (χ0n) is 9.31. The summed E-state index contributed by atoms with van der Waals surface area (Å²) in [5.41, 5.74) is 7.64. The summed E-state index contributed by atoms with van der Waals surface area (Å²) in [4.78, 5) is 0. The fourth-order valence-electron chi connectivity index (χ4n) is 1.65. The van der Waals surface area contributed by atoms with E-state index in [0.717, 1.165) is 16.9 Å². The number of nitrogens with zero attached hydrogens (tertiary/aromatic N) is 1. The predicted octanol–water partition coefficient (Wildman–Crippen LogP) is 2.37. The summed E-state index contributed by atoms with van der Waals surface area (Å²) >= 11 is 0. The Hall–Kier alpha value is -1.81. The Balaban J connectivity index is 2.54. The molecule has 1 aromatic carbocycles. The lowest BCUT2D eigenvalue weighted by atomic mass is 10.0. The van der Waals surface area contributed by atoms with Crippen molar-refractivity contribution in [3.05, 3.63) is 36.2 Å². The minimum Gasteiger partial charge on any atom is -0.496 e. The molecule has 84 valence electrons. The van der Waals surface area contributed by atoms with Crippen LogP contribution < -0.4 is 10.5 Å². The average molecular weight is 218 g/mol. The molecule has 0 spiro atoms. The van der Waals surface area contributed by atoms with Gasteiger partial charge in [-0.25, -0.2) is 0 Å². The number of benzene rings is 1. The van der Waals surface area contributed by atoms with Crippen LogP contribution in [0.4, 0.5) is 0 Å². The Morgan fingerprint density at radius 1 is 1.31 bits per heavy atom. The quantitative estimate of drug-likeness (QED) is 0.859. The first kappa shape index (κ1) is 10.7. The fourth-order valence-corrected chi connectivity index (χ4v) is 1.65. The molecular formula is C12H14N2O2. The van der Waals surface area contributed by atoms with Gasteiger partial charge in [-0.2, -0.15) is 0 Å². The highest BCUT2D eigenvalue weighted by atomic mass is 16.5. The molecule has 0 radical (unpaired) electrons. The van der Waals surface area contributed by atoms with Gasteiger partial charge in [0, 0.05) is 11.1 Å². The first-order valence-corrected chi connectivity index (χ1v) is 5.07. The van der Waals surface area contributed by atoms with Crippen molar-refractivity contribution in [3.8, 4) is 16.9 Å². The molecule has 4 nitrogen and oxygen atoms in total. The number of rotatable bonds is 3. The van der Waals surface area contributed by atoms with Gasteiger partial charge in [0.05, 0.1) is 19.3 Å². The maximum Gasteiger partial charge on any atom is 0.161 e. The number of methoxy groups -OCH3 is 1. The molecule has 1 unspecified atom stereocenters. The summed E-state index contributed by atoms with van der Waals surface area (Å²) in [6.07, 6.45) is 1.66. The molecule has 0 saturated carbocycles. The van der Waals surface area contributed by atoms with Crippen molar-refractivity contribution in [1.29, 1.82) is 0 Å². The van der Waals surface area contributed by atoms with Crippen LogP contribution >= 0.6 is 0 Å². The molecule has 1 atom stereocenters. The Bertz CT molecular complexity index is 477. The smallest absolute Gasteiger partial charge is 0.161 e. The van der Waals surface area contributed by atoms with Crippen LogP contribution in [0.15, 0.2) is 35.0 Å². The van der Waals surface area contributed by atoms with Gasteiger partial charge in [0.1, 0.15) is 5.75 Å². The van der Waals surface area contributed by atoms with Crippen molar-refractivity contribution in [3.63, 3.8) is 0 Å². The van der Waals surface area contributed by atoms with Crippen molar-refractivity contribution >= 4 is 0 Å². The molecule has 2 rings (SSSR count). The van der Waals surface area contributed by atoms with Crippen LogP contribution in [-0.2, 0) is 0 Å². The van der Waals surface area contributed by atoms with E-state index < -0.39 is 0 Å². The number of hydrogen-bond acceptors (Lipinski definition) is 4. The normalized spacial score (nSPS) is 12.4. The fraction of sp³-hybridized carbons (Fsp3) is 0.250. The molecule has 0 aliphatic carbocycles. The molecule has 0 bridgehead atoms.